The fraction of sp³-hybridized carbons (Fsp3) is 0.375. The van der Waals surface area contributed by atoms with Gasteiger partial charge < -0.3 is 10.6 Å². The van der Waals surface area contributed by atoms with Gasteiger partial charge in [-0.1, -0.05) is 23.2 Å². The molecular formula is C16H18Cl2N4O. The van der Waals surface area contributed by atoms with Crippen LogP contribution in [0.25, 0.3) is 5.69 Å². The molecule has 7 heteroatoms. The highest BCUT2D eigenvalue weighted by molar-refractivity contribution is 6.35. The number of benzene rings is 1. The van der Waals surface area contributed by atoms with Crippen LogP contribution in [0.4, 0.5) is 0 Å². The fourth-order valence-electron chi connectivity index (χ4n) is 2.91. The molecule has 122 valence electrons. The number of aromatic nitrogens is 2. The van der Waals surface area contributed by atoms with E-state index in [1.807, 2.05) is 11.8 Å². The van der Waals surface area contributed by atoms with Gasteiger partial charge in [0.15, 0.2) is 0 Å². The van der Waals surface area contributed by atoms with Gasteiger partial charge in [0.2, 0.25) is 0 Å². The molecular weight excluding hydrogens is 335 g/mol. The van der Waals surface area contributed by atoms with Crippen LogP contribution in [0.5, 0.6) is 0 Å². The van der Waals surface area contributed by atoms with Crippen molar-refractivity contribution in [1.29, 1.82) is 0 Å². The average molecular weight is 353 g/mol. The van der Waals surface area contributed by atoms with Crippen LogP contribution in [0, 0.1) is 0 Å². The summed E-state index contributed by atoms with van der Waals surface area (Å²) in [6.07, 6.45) is 4.91. The van der Waals surface area contributed by atoms with Crippen LogP contribution in [0.15, 0.2) is 30.6 Å². The van der Waals surface area contributed by atoms with E-state index < -0.39 is 0 Å². The topological polar surface area (TPSA) is 64.2 Å². The van der Waals surface area contributed by atoms with E-state index in [9.17, 15) is 4.79 Å². The number of piperidine rings is 1. The largest absolute Gasteiger partial charge is 0.336 e. The maximum absolute atomic E-state index is 12.7. The van der Waals surface area contributed by atoms with Crippen LogP contribution in [0.3, 0.4) is 0 Å². The molecule has 1 aliphatic heterocycles. The zero-order chi connectivity index (χ0) is 16.6. The lowest BCUT2D eigenvalue weighted by atomic mass is 9.98. The standard InChI is InChI=1S/C16H18Cl2N4O/c1-10-6-13(19)4-5-21(10)16(23)11-8-20-22(9-11)15-3-2-12(17)7-14(15)18/h2-3,7-10,13H,4-6,19H2,1H3/t10-,13+/m0/s1. The van der Waals surface area contributed by atoms with Gasteiger partial charge in [-0.15, -0.1) is 0 Å². The Morgan fingerprint density at radius 2 is 2.17 bits per heavy atom. The number of likely N-dealkylation sites (tertiary alicyclic amines) is 1. The number of carbonyl (C=O) groups is 1. The summed E-state index contributed by atoms with van der Waals surface area (Å²) < 4.78 is 1.59. The molecule has 0 radical (unpaired) electrons. The van der Waals surface area contributed by atoms with Gasteiger partial charge in [0.05, 0.1) is 22.5 Å². The zero-order valence-electron chi connectivity index (χ0n) is 12.7. The van der Waals surface area contributed by atoms with Gasteiger partial charge in [0.25, 0.3) is 5.91 Å². The Morgan fingerprint density at radius 1 is 1.39 bits per heavy atom. The van der Waals surface area contributed by atoms with Gasteiger partial charge in [-0.3, -0.25) is 4.79 Å². The minimum absolute atomic E-state index is 0.0271. The van der Waals surface area contributed by atoms with E-state index in [4.69, 9.17) is 28.9 Å². The van der Waals surface area contributed by atoms with Crippen LogP contribution < -0.4 is 5.73 Å². The first-order valence-corrected chi connectivity index (χ1v) is 8.28. The third-order valence-corrected chi connectivity index (χ3v) is 4.70. The second kappa shape index (κ2) is 6.51. The van der Waals surface area contributed by atoms with Gasteiger partial charge in [0.1, 0.15) is 0 Å². The predicted molar refractivity (Wildman–Crippen MR) is 91.3 cm³/mol. The Hall–Kier alpha value is -1.56. The molecule has 3 rings (SSSR count). The van der Waals surface area contributed by atoms with E-state index in [2.05, 4.69) is 5.10 Å². The lowest BCUT2D eigenvalue weighted by Crippen LogP contribution is -2.48. The molecule has 1 aliphatic rings. The molecule has 2 atom stereocenters. The van der Waals surface area contributed by atoms with E-state index in [1.54, 1.807) is 35.3 Å². The summed E-state index contributed by atoms with van der Waals surface area (Å²) in [5.41, 5.74) is 7.18. The first-order chi connectivity index (χ1) is 11.0. The van der Waals surface area contributed by atoms with Crippen LogP contribution in [-0.2, 0) is 0 Å². The average Bonchev–Trinajstić information content (AvgIpc) is 2.96. The number of carbonyl (C=O) groups excluding carboxylic acids is 1. The summed E-state index contributed by atoms with van der Waals surface area (Å²) in [5, 5.41) is 5.29. The predicted octanol–water partition coefficient (Wildman–Crippen LogP) is 3.13. The van der Waals surface area contributed by atoms with Crippen molar-refractivity contribution in [2.45, 2.75) is 31.8 Å². The molecule has 0 unspecified atom stereocenters. The Morgan fingerprint density at radius 3 is 2.87 bits per heavy atom. The summed E-state index contributed by atoms with van der Waals surface area (Å²) in [7, 11) is 0. The smallest absolute Gasteiger partial charge is 0.257 e. The van der Waals surface area contributed by atoms with Crippen LogP contribution >= 0.6 is 23.2 Å². The van der Waals surface area contributed by atoms with E-state index in [-0.39, 0.29) is 18.0 Å². The van der Waals surface area contributed by atoms with Crippen molar-refractivity contribution in [3.63, 3.8) is 0 Å². The van der Waals surface area contributed by atoms with E-state index in [0.29, 0.717) is 27.8 Å². The van der Waals surface area contributed by atoms with Crippen molar-refractivity contribution in [2.24, 2.45) is 5.73 Å². The van der Waals surface area contributed by atoms with E-state index in [0.717, 1.165) is 12.8 Å². The molecule has 23 heavy (non-hydrogen) atoms. The van der Waals surface area contributed by atoms with Crippen LogP contribution in [0.2, 0.25) is 10.0 Å². The second-order valence-corrected chi connectivity index (χ2v) is 6.74. The SMILES string of the molecule is C[C@H]1C[C@H](N)CCN1C(=O)c1cnn(-c2ccc(Cl)cc2Cl)c1. The van der Waals surface area contributed by atoms with Gasteiger partial charge in [-0.2, -0.15) is 5.10 Å². The molecule has 2 heterocycles. The molecule has 1 amide bonds. The van der Waals surface area contributed by atoms with Crippen molar-refractivity contribution in [3.05, 3.63) is 46.2 Å². The van der Waals surface area contributed by atoms with E-state index in [1.165, 1.54) is 0 Å². The van der Waals surface area contributed by atoms with E-state index >= 15 is 0 Å². The highest BCUT2D eigenvalue weighted by atomic mass is 35.5. The van der Waals surface area contributed by atoms with Gasteiger partial charge >= 0.3 is 0 Å². The molecule has 2 aromatic rings. The summed E-state index contributed by atoms with van der Waals surface area (Å²) in [6.45, 7) is 2.70. The summed E-state index contributed by atoms with van der Waals surface area (Å²) in [5.74, 6) is -0.0271. The van der Waals surface area contributed by atoms with Gasteiger partial charge in [-0.25, -0.2) is 4.68 Å². The fourth-order valence-corrected chi connectivity index (χ4v) is 3.40. The van der Waals surface area contributed by atoms with Crippen molar-refractivity contribution >= 4 is 29.1 Å². The third-order valence-electron chi connectivity index (χ3n) is 4.16. The normalized spacial score (nSPS) is 21.5. The molecule has 1 saturated heterocycles. The maximum atomic E-state index is 12.7. The van der Waals surface area contributed by atoms with Crippen molar-refractivity contribution in [3.8, 4) is 5.69 Å². The molecule has 1 aromatic carbocycles. The first-order valence-electron chi connectivity index (χ1n) is 7.52. The first kappa shape index (κ1) is 16.3. The van der Waals surface area contributed by atoms with Crippen LogP contribution in [-0.4, -0.2) is 39.2 Å². The zero-order valence-corrected chi connectivity index (χ0v) is 14.3. The Kier molecular flexibility index (Phi) is 4.62. The minimum Gasteiger partial charge on any atom is -0.336 e. The van der Waals surface area contributed by atoms with Gasteiger partial charge in [-0.05, 0) is 38.0 Å². The lowest BCUT2D eigenvalue weighted by Gasteiger charge is -2.36. The number of amides is 1. The highest BCUT2D eigenvalue weighted by Crippen LogP contribution is 2.25. The Labute approximate surface area is 145 Å². The highest BCUT2D eigenvalue weighted by Gasteiger charge is 2.28. The lowest BCUT2D eigenvalue weighted by molar-refractivity contribution is 0.0619. The number of nitrogens with two attached hydrogens (primary N) is 1. The van der Waals surface area contributed by atoms with Crippen LogP contribution in [0.1, 0.15) is 30.1 Å². The molecule has 5 nitrogen and oxygen atoms in total. The molecule has 0 saturated carbocycles. The number of hydrogen-bond donors (Lipinski definition) is 1. The molecule has 0 bridgehead atoms. The Bertz CT molecular complexity index is 731. The third kappa shape index (κ3) is 3.37. The second-order valence-electron chi connectivity index (χ2n) is 5.90. The number of rotatable bonds is 2. The molecule has 0 aliphatic carbocycles. The summed E-state index contributed by atoms with van der Waals surface area (Å²) >= 11 is 12.1. The monoisotopic (exact) mass is 352 g/mol. The molecule has 1 fully saturated rings. The quantitative estimate of drug-likeness (QED) is 0.902. The maximum Gasteiger partial charge on any atom is 0.257 e. The Balaban J connectivity index is 1.82. The molecule has 2 N–H and O–H groups in total. The van der Waals surface area contributed by atoms with Gasteiger partial charge in [0, 0.05) is 29.8 Å². The molecule has 0 spiro atoms. The number of hydrogen-bond acceptors (Lipinski definition) is 3. The minimum atomic E-state index is -0.0271. The molecule has 1 aromatic heterocycles. The van der Waals surface area contributed by atoms with Crippen molar-refractivity contribution in [1.82, 2.24) is 14.7 Å². The number of halogens is 2. The summed E-state index contributed by atoms with van der Waals surface area (Å²) in [4.78, 5) is 14.5. The number of nitrogens with zero attached hydrogens (tertiary/aromatic N) is 3. The summed E-state index contributed by atoms with van der Waals surface area (Å²) in [6, 6.07) is 5.46. The van der Waals surface area contributed by atoms with Crippen molar-refractivity contribution in [2.75, 3.05) is 6.54 Å². The van der Waals surface area contributed by atoms with Crippen molar-refractivity contribution < 1.29 is 4.79 Å².